The summed E-state index contributed by atoms with van der Waals surface area (Å²) in [4.78, 5) is 4.46. The lowest BCUT2D eigenvalue weighted by atomic mass is 9.98. The summed E-state index contributed by atoms with van der Waals surface area (Å²) in [5, 5.41) is 11.5. The second-order valence-corrected chi connectivity index (χ2v) is 5.31. The lowest BCUT2D eigenvalue weighted by Gasteiger charge is -2.14. The molecule has 112 valence electrons. The second-order valence-electron chi connectivity index (χ2n) is 5.31. The molecule has 0 fully saturated rings. The standard InChI is InChI=1S/C19H21N3/c1-5-10-21-18-9-7-15(11-16(18)19(20)13(2)3)17-8-6-14(4)12-22-17/h5-9,11-12,20-21H,1-2,10H2,3-4H3. The van der Waals surface area contributed by atoms with Crippen LogP contribution in [0.3, 0.4) is 0 Å². The predicted octanol–water partition coefficient (Wildman–Crippen LogP) is 4.60. The Morgan fingerprint density at radius 1 is 1.32 bits per heavy atom. The number of pyridine rings is 1. The number of aromatic nitrogens is 1. The van der Waals surface area contributed by atoms with Crippen molar-refractivity contribution < 1.29 is 0 Å². The fraction of sp³-hybridized carbons (Fsp3) is 0.158. The van der Waals surface area contributed by atoms with Gasteiger partial charge in [0, 0.05) is 29.6 Å². The Kier molecular flexibility index (Phi) is 4.89. The minimum Gasteiger partial charge on any atom is -0.381 e. The Hall–Kier alpha value is -2.68. The van der Waals surface area contributed by atoms with Crippen LogP contribution in [0, 0.1) is 12.3 Å². The van der Waals surface area contributed by atoms with Crippen LogP contribution in [0.4, 0.5) is 5.69 Å². The van der Waals surface area contributed by atoms with Crippen molar-refractivity contribution in [1.29, 1.82) is 5.41 Å². The minimum absolute atomic E-state index is 0.431. The Labute approximate surface area is 131 Å². The summed E-state index contributed by atoms with van der Waals surface area (Å²) in [6, 6.07) is 10.0. The van der Waals surface area contributed by atoms with Gasteiger partial charge in [0.2, 0.25) is 0 Å². The zero-order valence-corrected chi connectivity index (χ0v) is 13.1. The smallest absolute Gasteiger partial charge is 0.0702 e. The van der Waals surface area contributed by atoms with Crippen molar-refractivity contribution >= 4 is 11.4 Å². The number of nitrogens with zero attached hydrogens (tertiary/aromatic N) is 1. The number of nitrogens with one attached hydrogen (secondary N) is 2. The molecule has 0 saturated carbocycles. The topological polar surface area (TPSA) is 48.8 Å². The molecule has 0 unspecified atom stereocenters. The van der Waals surface area contributed by atoms with Gasteiger partial charge in [0.1, 0.15) is 0 Å². The van der Waals surface area contributed by atoms with Crippen LogP contribution < -0.4 is 5.32 Å². The quantitative estimate of drug-likeness (QED) is 0.603. The first-order valence-electron chi connectivity index (χ1n) is 7.19. The van der Waals surface area contributed by atoms with E-state index in [1.807, 2.05) is 50.4 Å². The van der Waals surface area contributed by atoms with Crippen molar-refractivity contribution in [1.82, 2.24) is 4.98 Å². The third-order valence-corrected chi connectivity index (χ3v) is 3.36. The van der Waals surface area contributed by atoms with Crippen LogP contribution in [0.2, 0.25) is 0 Å². The van der Waals surface area contributed by atoms with Gasteiger partial charge in [-0.3, -0.25) is 10.4 Å². The number of hydrogen-bond acceptors (Lipinski definition) is 3. The van der Waals surface area contributed by atoms with Crippen LogP contribution in [0.1, 0.15) is 18.1 Å². The average Bonchev–Trinajstić information content (AvgIpc) is 2.52. The van der Waals surface area contributed by atoms with Gasteiger partial charge in [-0.25, -0.2) is 0 Å². The molecule has 0 atom stereocenters. The zero-order chi connectivity index (χ0) is 16.1. The molecule has 0 spiro atoms. The molecule has 0 aliphatic heterocycles. The summed E-state index contributed by atoms with van der Waals surface area (Å²) in [5.41, 5.74) is 5.92. The molecular formula is C19H21N3. The van der Waals surface area contributed by atoms with Crippen LogP contribution in [-0.4, -0.2) is 17.2 Å². The van der Waals surface area contributed by atoms with Gasteiger partial charge in [0.15, 0.2) is 0 Å². The SMILES string of the molecule is C=CCNc1ccc(-c2ccc(C)cn2)cc1C(=N)C(=C)C. The Morgan fingerprint density at radius 3 is 2.68 bits per heavy atom. The van der Waals surface area contributed by atoms with E-state index in [0.29, 0.717) is 12.3 Å². The lowest BCUT2D eigenvalue weighted by Crippen LogP contribution is -2.08. The highest BCUT2D eigenvalue weighted by Gasteiger charge is 2.11. The Morgan fingerprint density at radius 2 is 2.09 bits per heavy atom. The van der Waals surface area contributed by atoms with E-state index in [0.717, 1.165) is 33.6 Å². The third-order valence-electron chi connectivity index (χ3n) is 3.36. The second kappa shape index (κ2) is 6.85. The van der Waals surface area contributed by atoms with E-state index < -0.39 is 0 Å². The summed E-state index contributed by atoms with van der Waals surface area (Å²) < 4.78 is 0. The van der Waals surface area contributed by atoms with Gasteiger partial charge in [0.05, 0.1) is 11.4 Å². The zero-order valence-electron chi connectivity index (χ0n) is 13.1. The van der Waals surface area contributed by atoms with Gasteiger partial charge in [-0.2, -0.15) is 0 Å². The molecule has 0 amide bonds. The molecule has 0 radical (unpaired) electrons. The number of aryl methyl sites for hydroxylation is 1. The average molecular weight is 291 g/mol. The molecule has 0 aliphatic carbocycles. The van der Waals surface area contributed by atoms with Crippen molar-refractivity contribution in [2.75, 3.05) is 11.9 Å². The van der Waals surface area contributed by atoms with E-state index in [1.54, 1.807) is 6.08 Å². The molecule has 2 aromatic rings. The number of rotatable bonds is 6. The monoisotopic (exact) mass is 291 g/mol. The maximum absolute atomic E-state index is 8.27. The fourth-order valence-corrected chi connectivity index (χ4v) is 2.12. The van der Waals surface area contributed by atoms with Crippen molar-refractivity contribution in [3.63, 3.8) is 0 Å². The van der Waals surface area contributed by atoms with Crippen LogP contribution in [-0.2, 0) is 0 Å². The van der Waals surface area contributed by atoms with Crippen molar-refractivity contribution in [2.24, 2.45) is 0 Å². The molecule has 3 heteroatoms. The Balaban J connectivity index is 2.48. The molecule has 2 N–H and O–H groups in total. The first-order chi connectivity index (χ1) is 10.5. The van der Waals surface area contributed by atoms with Gasteiger partial charge < -0.3 is 5.32 Å². The predicted molar refractivity (Wildman–Crippen MR) is 94.7 cm³/mol. The van der Waals surface area contributed by atoms with Gasteiger partial charge in [-0.1, -0.05) is 24.8 Å². The van der Waals surface area contributed by atoms with Gasteiger partial charge >= 0.3 is 0 Å². The molecule has 2 rings (SSSR count). The highest BCUT2D eigenvalue weighted by molar-refractivity contribution is 6.13. The van der Waals surface area contributed by atoms with Gasteiger partial charge in [-0.05, 0) is 43.2 Å². The first-order valence-corrected chi connectivity index (χ1v) is 7.19. The van der Waals surface area contributed by atoms with Crippen LogP contribution in [0.5, 0.6) is 0 Å². The molecule has 22 heavy (non-hydrogen) atoms. The van der Waals surface area contributed by atoms with Gasteiger partial charge in [-0.15, -0.1) is 6.58 Å². The first kappa shape index (κ1) is 15.7. The van der Waals surface area contributed by atoms with Crippen molar-refractivity contribution in [3.05, 3.63) is 72.5 Å². The number of hydrogen-bond donors (Lipinski definition) is 2. The fourth-order valence-electron chi connectivity index (χ4n) is 2.12. The van der Waals surface area contributed by atoms with Crippen LogP contribution >= 0.6 is 0 Å². The van der Waals surface area contributed by atoms with E-state index in [9.17, 15) is 0 Å². The summed E-state index contributed by atoms with van der Waals surface area (Å²) in [6.07, 6.45) is 3.65. The summed E-state index contributed by atoms with van der Waals surface area (Å²) in [6.45, 7) is 12.1. The maximum Gasteiger partial charge on any atom is 0.0702 e. The normalized spacial score (nSPS) is 10.1. The van der Waals surface area contributed by atoms with E-state index in [-0.39, 0.29) is 0 Å². The van der Waals surface area contributed by atoms with Crippen LogP contribution in [0.15, 0.2) is 61.3 Å². The lowest BCUT2D eigenvalue weighted by molar-refractivity contribution is 1.26. The molecule has 3 nitrogen and oxygen atoms in total. The molecule has 0 bridgehead atoms. The summed E-state index contributed by atoms with van der Waals surface area (Å²) in [7, 11) is 0. The summed E-state index contributed by atoms with van der Waals surface area (Å²) in [5.74, 6) is 0. The number of anilines is 1. The van der Waals surface area contributed by atoms with E-state index in [2.05, 4.69) is 23.5 Å². The summed E-state index contributed by atoms with van der Waals surface area (Å²) >= 11 is 0. The largest absolute Gasteiger partial charge is 0.381 e. The van der Waals surface area contributed by atoms with E-state index in [4.69, 9.17) is 5.41 Å². The van der Waals surface area contributed by atoms with Crippen LogP contribution in [0.25, 0.3) is 11.3 Å². The van der Waals surface area contributed by atoms with Crippen molar-refractivity contribution in [3.8, 4) is 11.3 Å². The Bertz CT molecular complexity index is 712. The molecular weight excluding hydrogens is 270 g/mol. The molecule has 1 aromatic carbocycles. The number of allylic oxidation sites excluding steroid dienone is 1. The molecule has 1 aromatic heterocycles. The highest BCUT2D eigenvalue weighted by Crippen LogP contribution is 2.26. The molecule has 0 aliphatic rings. The maximum atomic E-state index is 8.27. The van der Waals surface area contributed by atoms with E-state index in [1.165, 1.54) is 0 Å². The van der Waals surface area contributed by atoms with E-state index >= 15 is 0 Å². The van der Waals surface area contributed by atoms with Gasteiger partial charge in [0.25, 0.3) is 0 Å². The minimum atomic E-state index is 0.431. The number of benzene rings is 1. The highest BCUT2D eigenvalue weighted by atomic mass is 14.9. The van der Waals surface area contributed by atoms with Crippen molar-refractivity contribution in [2.45, 2.75) is 13.8 Å². The third kappa shape index (κ3) is 3.50. The molecule has 1 heterocycles. The molecule has 0 saturated heterocycles.